The van der Waals surface area contributed by atoms with Crippen molar-refractivity contribution in [1.82, 2.24) is 9.55 Å². The fraction of sp³-hybridized carbons (Fsp3) is 0. The number of nitrogens with zero attached hydrogens (tertiary/aromatic N) is 2. The number of hydrogen-bond acceptors (Lipinski definition) is 2. The van der Waals surface area contributed by atoms with Crippen LogP contribution in [0.3, 0.4) is 0 Å². The molecule has 3 aromatic heterocycles. The van der Waals surface area contributed by atoms with Gasteiger partial charge >= 0.3 is 0 Å². The quantitative estimate of drug-likeness (QED) is 0.213. The van der Waals surface area contributed by atoms with Gasteiger partial charge in [0, 0.05) is 47.6 Å². The van der Waals surface area contributed by atoms with Crippen LogP contribution in [0.1, 0.15) is 0 Å². The molecule has 42 heavy (non-hydrogen) atoms. The number of fused-ring (bicyclic) bond motifs is 8. The SMILES string of the molecule is c1cc(-c2cccc(-n3c4ccccc4c4ccccc43)c2)cc(-c2nc3ccccc3c3sc4ccccc4c23)c1. The van der Waals surface area contributed by atoms with Crippen molar-refractivity contribution in [3.05, 3.63) is 146 Å². The monoisotopic (exact) mass is 552 g/mol. The van der Waals surface area contributed by atoms with E-state index in [-0.39, 0.29) is 0 Å². The zero-order chi connectivity index (χ0) is 27.6. The number of para-hydroxylation sites is 3. The maximum atomic E-state index is 5.26. The van der Waals surface area contributed by atoms with Crippen LogP contribution in [0.25, 0.3) is 81.0 Å². The summed E-state index contributed by atoms with van der Waals surface area (Å²) >= 11 is 1.86. The van der Waals surface area contributed by atoms with Gasteiger partial charge in [-0.25, -0.2) is 4.98 Å². The number of aromatic nitrogens is 2. The molecule has 0 bridgehead atoms. The van der Waals surface area contributed by atoms with Crippen LogP contribution in [0.5, 0.6) is 0 Å². The summed E-state index contributed by atoms with van der Waals surface area (Å²) in [4.78, 5) is 5.26. The Labute approximate surface area is 246 Å². The molecule has 6 aromatic carbocycles. The molecule has 0 N–H and O–H groups in total. The largest absolute Gasteiger partial charge is 0.309 e. The maximum absolute atomic E-state index is 5.26. The smallest absolute Gasteiger partial charge is 0.0803 e. The lowest BCUT2D eigenvalue weighted by Crippen LogP contribution is -1.94. The third kappa shape index (κ3) is 3.47. The first-order valence-corrected chi connectivity index (χ1v) is 15.0. The van der Waals surface area contributed by atoms with Gasteiger partial charge in [-0.2, -0.15) is 0 Å². The molecule has 0 spiro atoms. The van der Waals surface area contributed by atoms with Crippen LogP contribution >= 0.6 is 11.3 Å². The van der Waals surface area contributed by atoms with Crippen molar-refractivity contribution in [2.24, 2.45) is 0 Å². The second kappa shape index (κ2) is 9.13. The molecule has 0 atom stereocenters. The molecule has 3 heteroatoms. The van der Waals surface area contributed by atoms with Crippen LogP contribution < -0.4 is 0 Å². The molecule has 0 aliphatic heterocycles. The van der Waals surface area contributed by atoms with E-state index in [9.17, 15) is 0 Å². The van der Waals surface area contributed by atoms with Crippen molar-refractivity contribution < 1.29 is 0 Å². The van der Waals surface area contributed by atoms with Crippen LogP contribution in [0.2, 0.25) is 0 Å². The first-order chi connectivity index (χ1) is 20.8. The Morgan fingerprint density at radius 1 is 0.476 bits per heavy atom. The van der Waals surface area contributed by atoms with Crippen LogP contribution in [0.15, 0.2) is 146 Å². The predicted octanol–water partition coefficient (Wildman–Crippen LogP) is 11.0. The minimum atomic E-state index is 1.03. The summed E-state index contributed by atoms with van der Waals surface area (Å²) in [6, 6.07) is 52.3. The molecule has 196 valence electrons. The van der Waals surface area contributed by atoms with E-state index in [0.717, 1.165) is 22.5 Å². The highest BCUT2D eigenvalue weighted by atomic mass is 32.1. The Balaban J connectivity index is 1.25. The molecule has 0 amide bonds. The molecule has 9 rings (SSSR count). The summed E-state index contributed by atoms with van der Waals surface area (Å²) in [6.45, 7) is 0. The second-order valence-electron chi connectivity index (χ2n) is 10.8. The lowest BCUT2D eigenvalue weighted by molar-refractivity contribution is 1.18. The number of rotatable bonds is 3. The molecule has 3 heterocycles. The molecule has 0 saturated heterocycles. The first-order valence-electron chi connectivity index (χ1n) is 14.2. The Morgan fingerprint density at radius 3 is 1.86 bits per heavy atom. The third-order valence-electron chi connectivity index (χ3n) is 8.37. The Kier molecular flexibility index (Phi) is 5.10. The zero-order valence-corrected chi connectivity index (χ0v) is 23.5. The van der Waals surface area contributed by atoms with Crippen molar-refractivity contribution in [2.45, 2.75) is 0 Å². The van der Waals surface area contributed by atoms with Crippen molar-refractivity contribution >= 4 is 64.2 Å². The van der Waals surface area contributed by atoms with Gasteiger partial charge in [0.05, 0.1) is 22.2 Å². The van der Waals surface area contributed by atoms with E-state index in [1.807, 2.05) is 11.3 Å². The van der Waals surface area contributed by atoms with E-state index in [1.165, 1.54) is 58.5 Å². The predicted molar refractivity (Wildman–Crippen MR) is 180 cm³/mol. The molecule has 0 fully saturated rings. The highest BCUT2D eigenvalue weighted by Gasteiger charge is 2.17. The fourth-order valence-corrected chi connectivity index (χ4v) is 7.73. The van der Waals surface area contributed by atoms with Gasteiger partial charge in [0.1, 0.15) is 0 Å². The van der Waals surface area contributed by atoms with Gasteiger partial charge in [0.2, 0.25) is 0 Å². The first kappa shape index (κ1) is 23.5. The van der Waals surface area contributed by atoms with E-state index >= 15 is 0 Å². The fourth-order valence-electron chi connectivity index (χ4n) is 6.49. The molecule has 0 aliphatic carbocycles. The van der Waals surface area contributed by atoms with Crippen molar-refractivity contribution in [3.8, 4) is 28.1 Å². The molecule has 0 radical (unpaired) electrons. The van der Waals surface area contributed by atoms with Crippen LogP contribution in [0.4, 0.5) is 0 Å². The Bertz CT molecular complexity index is 2430. The normalized spacial score (nSPS) is 11.8. The van der Waals surface area contributed by atoms with Crippen molar-refractivity contribution in [2.75, 3.05) is 0 Å². The van der Waals surface area contributed by atoms with Crippen molar-refractivity contribution in [3.63, 3.8) is 0 Å². The van der Waals surface area contributed by atoms with Gasteiger partial charge in [0.25, 0.3) is 0 Å². The van der Waals surface area contributed by atoms with Gasteiger partial charge in [-0.15, -0.1) is 11.3 Å². The zero-order valence-electron chi connectivity index (χ0n) is 22.7. The van der Waals surface area contributed by atoms with Gasteiger partial charge in [0.15, 0.2) is 0 Å². The summed E-state index contributed by atoms with van der Waals surface area (Å²) in [6.07, 6.45) is 0. The molecule has 2 nitrogen and oxygen atoms in total. The molecule has 0 saturated carbocycles. The van der Waals surface area contributed by atoms with Gasteiger partial charge < -0.3 is 4.57 Å². The van der Waals surface area contributed by atoms with Crippen LogP contribution in [-0.4, -0.2) is 9.55 Å². The van der Waals surface area contributed by atoms with E-state index in [2.05, 4.69) is 150 Å². The van der Waals surface area contributed by atoms with E-state index in [1.54, 1.807) is 0 Å². The van der Waals surface area contributed by atoms with Crippen molar-refractivity contribution in [1.29, 1.82) is 0 Å². The van der Waals surface area contributed by atoms with Gasteiger partial charge in [-0.3, -0.25) is 0 Å². The summed E-state index contributed by atoms with van der Waals surface area (Å²) in [5.41, 5.74) is 9.17. The Morgan fingerprint density at radius 2 is 1.07 bits per heavy atom. The number of pyridine rings is 1. The summed E-state index contributed by atoms with van der Waals surface area (Å²) < 4.78 is 4.97. The molecule has 0 aliphatic rings. The van der Waals surface area contributed by atoms with Crippen LogP contribution in [0, 0.1) is 0 Å². The second-order valence-corrected chi connectivity index (χ2v) is 11.8. The topological polar surface area (TPSA) is 17.8 Å². The summed E-state index contributed by atoms with van der Waals surface area (Å²) in [5, 5.41) is 6.27. The highest BCUT2D eigenvalue weighted by molar-refractivity contribution is 7.26. The molecule has 9 aromatic rings. The standard InChI is InChI=1S/C39H24N2S/c1-5-19-33-31(17-1)39-37(32-18-4-8-22-36(32)42-39)38(40-33)27-13-9-11-25(23-27)26-12-10-14-28(24-26)41-34-20-6-2-15-29(34)30-16-3-7-21-35(30)41/h1-24H. The van der Waals surface area contributed by atoms with Gasteiger partial charge in [-0.1, -0.05) is 103 Å². The minimum Gasteiger partial charge on any atom is -0.309 e. The highest BCUT2D eigenvalue weighted by Crippen LogP contribution is 2.43. The number of thiophene rings is 1. The van der Waals surface area contributed by atoms with E-state index < -0.39 is 0 Å². The molecular weight excluding hydrogens is 529 g/mol. The van der Waals surface area contributed by atoms with Crippen LogP contribution in [-0.2, 0) is 0 Å². The molecular formula is C39H24N2S. The minimum absolute atomic E-state index is 1.03. The molecule has 0 unspecified atom stereocenters. The van der Waals surface area contributed by atoms with E-state index in [0.29, 0.717) is 0 Å². The lowest BCUT2D eigenvalue weighted by Gasteiger charge is -2.12. The number of benzene rings is 6. The lowest BCUT2D eigenvalue weighted by atomic mass is 9.98. The average molecular weight is 553 g/mol. The maximum Gasteiger partial charge on any atom is 0.0803 e. The summed E-state index contributed by atoms with van der Waals surface area (Å²) in [5.74, 6) is 0. The van der Waals surface area contributed by atoms with E-state index in [4.69, 9.17) is 4.98 Å². The summed E-state index contributed by atoms with van der Waals surface area (Å²) in [7, 11) is 0. The van der Waals surface area contributed by atoms with Gasteiger partial charge in [-0.05, 0) is 53.6 Å². The Hall–Kier alpha value is -5.25. The number of hydrogen-bond donors (Lipinski definition) is 0. The average Bonchev–Trinajstić information content (AvgIpc) is 3.61. The third-order valence-corrected chi connectivity index (χ3v) is 9.57.